The number of ether oxygens (including phenoxy) is 1. The molecular weight excluding hydrogens is 843 g/mol. The first-order chi connectivity index (χ1) is 18.7. The molecule has 0 aromatic carbocycles. The molecule has 2 aliphatic heterocycles. The number of rotatable bonds is 9. The van der Waals surface area contributed by atoms with E-state index in [-0.39, 0.29) is 34.6 Å². The van der Waals surface area contributed by atoms with Crippen LogP contribution in [0.3, 0.4) is 0 Å². The number of carbonyl (C=O) groups excluding carboxylic acids is 2. The van der Waals surface area contributed by atoms with Crippen molar-refractivity contribution in [2.75, 3.05) is 26.2 Å². The Balaban J connectivity index is 1.69. The number of hydrogen-bond donors (Lipinski definition) is 1. The zero-order valence-corrected chi connectivity index (χ0v) is 30.5. The molecule has 3 heterocycles. The number of hydrogen-bond acceptors (Lipinski definition) is 5. The lowest BCUT2D eigenvalue weighted by Crippen LogP contribution is -2.40. The molecule has 9 heteroatoms. The molecule has 40 heavy (non-hydrogen) atoms. The van der Waals surface area contributed by atoms with Gasteiger partial charge in [-0.15, -0.1) is 0 Å². The van der Waals surface area contributed by atoms with E-state index in [1.807, 2.05) is 32.9 Å². The topological polar surface area (TPSA) is 71.5 Å². The summed E-state index contributed by atoms with van der Waals surface area (Å²) in [7, 11) is 0. The van der Waals surface area contributed by atoms with Crippen LogP contribution < -0.4 is 5.32 Å². The van der Waals surface area contributed by atoms with Crippen molar-refractivity contribution in [2.45, 2.75) is 53.5 Å². The van der Waals surface area contributed by atoms with Gasteiger partial charge < -0.3 is 10.1 Å². The van der Waals surface area contributed by atoms with E-state index < -0.39 is 0 Å². The first kappa shape index (κ1) is 32.3. The number of amides is 2. The molecule has 0 bridgehead atoms. The molecule has 1 aromatic rings. The Kier molecular flexibility index (Phi) is 10.1. The molecule has 1 aliphatic carbocycles. The van der Waals surface area contributed by atoms with Crippen LogP contribution in [0.25, 0.3) is 5.57 Å². The van der Waals surface area contributed by atoms with Crippen LogP contribution in [-0.4, -0.2) is 54.0 Å². The van der Waals surface area contributed by atoms with Gasteiger partial charge in [0.2, 0.25) is 11.8 Å². The van der Waals surface area contributed by atoms with Gasteiger partial charge in [0.1, 0.15) is 0 Å². The molecule has 6 nitrogen and oxygen atoms in total. The highest BCUT2D eigenvalue weighted by Gasteiger charge is 2.72. The highest BCUT2D eigenvalue weighted by atomic mass is 127. The maximum absolute atomic E-state index is 12.9. The summed E-state index contributed by atoms with van der Waals surface area (Å²) in [4.78, 5) is 32.4. The number of piperidine rings is 1. The molecular formula is C31H38I3N3O3. The van der Waals surface area contributed by atoms with Crippen molar-refractivity contribution in [2.24, 2.45) is 17.3 Å². The fraction of sp³-hybridized carbons (Fsp3) is 0.516. The zero-order chi connectivity index (χ0) is 29.6. The van der Waals surface area contributed by atoms with E-state index in [2.05, 4.69) is 113 Å². The largest absolute Gasteiger partial charge is 0.375 e. The van der Waals surface area contributed by atoms with Gasteiger partial charge in [0.15, 0.2) is -0.565 Å². The Hall–Kier alpha value is -0.640. The Morgan fingerprint density at radius 1 is 1.23 bits per heavy atom. The van der Waals surface area contributed by atoms with Gasteiger partial charge in [-0.25, -0.2) is 4.98 Å². The Morgan fingerprint density at radius 2 is 1.88 bits per heavy atom. The maximum Gasteiger partial charge on any atom is 0.233 e. The lowest BCUT2D eigenvalue weighted by atomic mass is 9.90. The summed E-state index contributed by atoms with van der Waals surface area (Å²) in [5, 5.41) is 3.44. The van der Waals surface area contributed by atoms with E-state index in [9.17, 15) is 9.59 Å². The Labute approximate surface area is 279 Å². The van der Waals surface area contributed by atoms with Crippen LogP contribution >= 0.6 is 67.8 Å². The third kappa shape index (κ3) is 6.62. The molecule has 0 spiro atoms. The highest BCUT2D eigenvalue weighted by Crippen LogP contribution is 2.63. The summed E-state index contributed by atoms with van der Waals surface area (Å²) >= 11 is 7.27. The van der Waals surface area contributed by atoms with E-state index in [0.717, 1.165) is 53.2 Å². The van der Waals surface area contributed by atoms with Crippen molar-refractivity contribution in [1.29, 1.82) is 0 Å². The predicted octanol–water partition coefficient (Wildman–Crippen LogP) is 6.83. The normalized spacial score (nSPS) is 25.6. The van der Waals surface area contributed by atoms with Crippen molar-refractivity contribution >= 4 is 85.2 Å². The van der Waals surface area contributed by atoms with Gasteiger partial charge in [-0.2, -0.15) is 0 Å². The fourth-order valence-corrected chi connectivity index (χ4v) is 6.78. The number of likely N-dealkylation sites (tertiary alicyclic amines) is 1. The third-order valence-corrected chi connectivity index (χ3v) is 10.0. The van der Waals surface area contributed by atoms with Gasteiger partial charge in [0.25, 0.3) is 0 Å². The second kappa shape index (κ2) is 12.5. The third-order valence-electron chi connectivity index (χ3n) is 8.37. The summed E-state index contributed by atoms with van der Waals surface area (Å²) in [5.74, 6) is -0.368. The number of pyridine rings is 1. The lowest BCUT2D eigenvalue weighted by molar-refractivity contribution is -0.142. The second-order valence-electron chi connectivity index (χ2n) is 11.7. The maximum atomic E-state index is 12.9. The molecule has 3 atom stereocenters. The van der Waals surface area contributed by atoms with Crippen LogP contribution in [0.2, 0.25) is 0 Å². The summed E-state index contributed by atoms with van der Waals surface area (Å²) in [6, 6.07) is 2.19. The van der Waals surface area contributed by atoms with Crippen molar-refractivity contribution in [3.05, 3.63) is 70.1 Å². The molecule has 2 amide bonds. The number of nitrogens with one attached hydrogen (secondary N) is 1. The molecule has 4 rings (SSSR count). The fourth-order valence-electron chi connectivity index (χ4n) is 5.95. The van der Waals surface area contributed by atoms with Crippen molar-refractivity contribution in [1.82, 2.24) is 15.2 Å². The minimum Gasteiger partial charge on any atom is -0.375 e. The number of alkyl halides is 3. The molecule has 3 unspecified atom stereocenters. The van der Waals surface area contributed by atoms with E-state index >= 15 is 0 Å². The van der Waals surface area contributed by atoms with E-state index in [1.165, 1.54) is 16.0 Å². The minimum atomic E-state index is -0.194. The molecule has 2 saturated heterocycles. The number of fused-ring (bicyclic) bond motifs is 1. The minimum absolute atomic E-state index is 0.0289. The molecule has 0 radical (unpaired) electrons. The lowest BCUT2D eigenvalue weighted by Gasteiger charge is -2.27. The van der Waals surface area contributed by atoms with Gasteiger partial charge in [-0.05, 0) is 129 Å². The van der Waals surface area contributed by atoms with Crippen molar-refractivity contribution < 1.29 is 14.3 Å². The number of aryl methyl sites for hydroxylation is 1. The average molecular weight is 881 g/mol. The number of imide groups is 1. The quantitative estimate of drug-likeness (QED) is 0.128. The molecule has 3 fully saturated rings. The Morgan fingerprint density at radius 3 is 2.42 bits per heavy atom. The SMILES string of the molecule is C=C\C=C(/C(C)=C(C)/C=C(\C)CN1C(=O)C2C(C1=O)C2(C)C)c1nc(C(I)(I)I)cc(C)c1CC1CNCCO1. The van der Waals surface area contributed by atoms with Crippen LogP contribution in [0.15, 0.2) is 47.6 Å². The van der Waals surface area contributed by atoms with Crippen LogP contribution in [0.1, 0.15) is 57.1 Å². The van der Waals surface area contributed by atoms with Crippen LogP contribution in [-0.2, 0) is 20.2 Å². The second-order valence-corrected chi connectivity index (χ2v) is 22.8. The van der Waals surface area contributed by atoms with Gasteiger partial charge in [-0.3, -0.25) is 14.5 Å². The van der Waals surface area contributed by atoms with Crippen LogP contribution in [0.4, 0.5) is 0 Å². The van der Waals surface area contributed by atoms with Crippen molar-refractivity contribution in [3.8, 4) is 0 Å². The summed E-state index contributed by atoms with van der Waals surface area (Å²) in [5.41, 5.74) is 8.28. The van der Waals surface area contributed by atoms with E-state index in [4.69, 9.17) is 9.72 Å². The summed E-state index contributed by atoms with van der Waals surface area (Å²) in [6.07, 6.45) is 6.80. The zero-order valence-electron chi connectivity index (χ0n) is 24.0. The molecule has 1 aromatic heterocycles. The number of allylic oxidation sites excluding steroid dienone is 6. The number of halogens is 3. The first-order valence-electron chi connectivity index (χ1n) is 13.6. The Bertz CT molecular complexity index is 1290. The number of nitrogens with zero attached hydrogens (tertiary/aromatic N) is 2. The number of aromatic nitrogens is 1. The van der Waals surface area contributed by atoms with Crippen LogP contribution in [0.5, 0.6) is 0 Å². The van der Waals surface area contributed by atoms with Gasteiger partial charge in [0, 0.05) is 31.6 Å². The highest BCUT2D eigenvalue weighted by molar-refractivity contribution is 14.3. The first-order valence-corrected chi connectivity index (χ1v) is 16.9. The number of carbonyl (C=O) groups is 2. The smallest absolute Gasteiger partial charge is 0.233 e. The van der Waals surface area contributed by atoms with E-state index in [1.54, 1.807) is 0 Å². The van der Waals surface area contributed by atoms with Gasteiger partial charge >= 0.3 is 0 Å². The summed E-state index contributed by atoms with van der Waals surface area (Å²) in [6.45, 7) is 19.1. The molecule has 1 saturated carbocycles. The summed E-state index contributed by atoms with van der Waals surface area (Å²) < 4.78 is 5.88. The predicted molar refractivity (Wildman–Crippen MR) is 187 cm³/mol. The molecule has 3 aliphatic rings. The standard InChI is InChI=1S/C31H38I3N3O3/c1-8-9-22(20(5)18(3)12-17(2)16-37-28(38)25-26(29(37)39)30(25,6)7)27-23(14-21-15-35-10-11-40-21)19(4)13-24(36-27)31(32,33)34/h8-9,12-13,21,25-26,35H,1,10-11,14-16H2,2-7H3/b17-12+,20-18+,22-9+. The van der Waals surface area contributed by atoms with Crippen LogP contribution in [0, 0.1) is 24.2 Å². The van der Waals surface area contributed by atoms with Gasteiger partial charge in [-0.1, -0.05) is 44.2 Å². The van der Waals surface area contributed by atoms with Crippen molar-refractivity contribution in [3.63, 3.8) is 0 Å². The van der Waals surface area contributed by atoms with E-state index in [0.29, 0.717) is 13.2 Å². The molecule has 1 N–H and O–H groups in total. The average Bonchev–Trinajstić information content (AvgIpc) is 3.36. The molecule has 216 valence electrons. The monoisotopic (exact) mass is 881 g/mol. The van der Waals surface area contributed by atoms with Gasteiger partial charge in [0.05, 0.1) is 35.9 Å². The number of morpholine rings is 1.